The SMILES string of the molecule is N#Cc1cc(-n2c3ccccc3c3ccc4sc5ccccc5c4c32)cc(-n2c3ccccc3c3ccc4sc5ccccc5c4c32)c1C#N. The standard InChI is InChI=1S/C44H22N4S2/c45-23-25-21-26(47-34-13-5-1-9-27(34)29-17-19-39-41(43(29)47)31-11-3-7-15-37(31)49-39)22-36(33(25)24-46)48-35-14-6-2-10-28(35)30-18-20-40-42(44(30)48)32-12-4-8-16-38(32)50-40/h1-22H. The summed E-state index contributed by atoms with van der Waals surface area (Å²) in [5.74, 6) is 0. The van der Waals surface area contributed by atoms with Gasteiger partial charge < -0.3 is 9.13 Å². The number of hydrogen-bond acceptors (Lipinski definition) is 4. The van der Waals surface area contributed by atoms with Crippen molar-refractivity contribution in [1.82, 2.24) is 9.13 Å². The van der Waals surface area contributed by atoms with Crippen molar-refractivity contribution in [3.8, 4) is 23.5 Å². The molecular weight excluding hydrogens is 649 g/mol. The van der Waals surface area contributed by atoms with E-state index in [1.54, 1.807) is 22.7 Å². The van der Waals surface area contributed by atoms with Crippen molar-refractivity contribution in [3.63, 3.8) is 0 Å². The summed E-state index contributed by atoms with van der Waals surface area (Å²) in [7, 11) is 0. The number of nitrogens with zero attached hydrogens (tertiary/aromatic N) is 4. The van der Waals surface area contributed by atoms with Gasteiger partial charge in [0.15, 0.2) is 0 Å². The fourth-order valence-electron chi connectivity index (χ4n) is 8.17. The largest absolute Gasteiger partial charge is 0.308 e. The van der Waals surface area contributed by atoms with E-state index in [-0.39, 0.29) is 0 Å². The van der Waals surface area contributed by atoms with Gasteiger partial charge >= 0.3 is 0 Å². The van der Waals surface area contributed by atoms with Crippen LogP contribution in [0.25, 0.3) is 95.3 Å². The number of rotatable bonds is 2. The Morgan fingerprint density at radius 3 is 1.50 bits per heavy atom. The Morgan fingerprint density at radius 2 is 0.940 bits per heavy atom. The van der Waals surface area contributed by atoms with E-state index in [1.165, 1.54) is 35.0 Å². The van der Waals surface area contributed by atoms with Gasteiger partial charge in [0.05, 0.1) is 38.9 Å². The highest BCUT2D eigenvalue weighted by atomic mass is 32.1. The maximum absolute atomic E-state index is 10.8. The second kappa shape index (κ2) is 10.0. The van der Waals surface area contributed by atoms with Gasteiger partial charge in [0.25, 0.3) is 0 Å². The summed E-state index contributed by atoms with van der Waals surface area (Å²) in [4.78, 5) is 0. The van der Waals surface area contributed by atoms with E-state index < -0.39 is 0 Å². The lowest BCUT2D eigenvalue weighted by atomic mass is 10.0. The topological polar surface area (TPSA) is 57.4 Å². The van der Waals surface area contributed by atoms with Crippen molar-refractivity contribution in [2.24, 2.45) is 0 Å². The third-order valence-corrected chi connectivity index (χ3v) is 12.5. The normalized spacial score (nSPS) is 12.0. The maximum atomic E-state index is 10.8. The molecule has 11 rings (SSSR count). The second-order valence-corrected chi connectivity index (χ2v) is 14.8. The van der Waals surface area contributed by atoms with Gasteiger partial charge in [-0.25, -0.2) is 0 Å². The smallest absolute Gasteiger partial charge is 0.103 e. The summed E-state index contributed by atoms with van der Waals surface area (Å²) < 4.78 is 9.40. The zero-order valence-corrected chi connectivity index (χ0v) is 27.9. The fraction of sp³-hybridized carbons (Fsp3) is 0. The average Bonchev–Trinajstić information content (AvgIpc) is 3.91. The number of benzene rings is 7. The maximum Gasteiger partial charge on any atom is 0.103 e. The molecule has 0 spiro atoms. The van der Waals surface area contributed by atoms with Crippen molar-refractivity contribution >= 4 is 107 Å². The quantitative estimate of drug-likeness (QED) is 0.184. The molecule has 0 unspecified atom stereocenters. The van der Waals surface area contributed by atoms with Gasteiger partial charge in [0.2, 0.25) is 0 Å². The summed E-state index contributed by atoms with van der Waals surface area (Å²) in [6, 6.07) is 51.8. The molecule has 0 bridgehead atoms. The molecule has 0 atom stereocenters. The fourth-order valence-corrected chi connectivity index (χ4v) is 10.4. The molecule has 230 valence electrons. The lowest BCUT2D eigenvalue weighted by Gasteiger charge is -2.16. The van der Waals surface area contributed by atoms with Gasteiger partial charge in [-0.3, -0.25) is 0 Å². The summed E-state index contributed by atoms with van der Waals surface area (Å²) in [5, 5.41) is 30.8. The van der Waals surface area contributed by atoms with Crippen LogP contribution in [0.2, 0.25) is 0 Å². The number of nitriles is 2. The molecule has 0 aliphatic carbocycles. The second-order valence-electron chi connectivity index (χ2n) is 12.7. The number of fused-ring (bicyclic) bond motifs is 14. The molecule has 7 aromatic carbocycles. The molecule has 0 amide bonds. The van der Waals surface area contributed by atoms with E-state index in [1.807, 2.05) is 12.1 Å². The van der Waals surface area contributed by atoms with Crippen LogP contribution in [0.15, 0.2) is 133 Å². The first-order valence-corrected chi connectivity index (χ1v) is 18.0. The van der Waals surface area contributed by atoms with Crippen LogP contribution >= 0.6 is 22.7 Å². The van der Waals surface area contributed by atoms with Crippen LogP contribution in [-0.4, -0.2) is 9.13 Å². The zero-order valence-electron chi connectivity index (χ0n) is 26.3. The molecule has 4 heterocycles. The Balaban J connectivity index is 1.35. The lowest BCUT2D eigenvalue weighted by molar-refractivity contribution is 1.13. The minimum atomic E-state index is 0.349. The molecule has 0 N–H and O–H groups in total. The molecule has 6 heteroatoms. The molecule has 4 aromatic heterocycles. The van der Waals surface area contributed by atoms with E-state index in [0.717, 1.165) is 54.7 Å². The molecule has 50 heavy (non-hydrogen) atoms. The predicted molar refractivity (Wildman–Crippen MR) is 210 cm³/mol. The van der Waals surface area contributed by atoms with Crippen LogP contribution in [0.5, 0.6) is 0 Å². The first kappa shape index (κ1) is 27.5. The Labute approximate surface area is 293 Å². The van der Waals surface area contributed by atoms with Gasteiger partial charge in [-0.2, -0.15) is 10.5 Å². The van der Waals surface area contributed by atoms with Gasteiger partial charge in [-0.15, -0.1) is 22.7 Å². The van der Waals surface area contributed by atoms with E-state index >= 15 is 0 Å². The van der Waals surface area contributed by atoms with Crippen molar-refractivity contribution in [2.75, 3.05) is 0 Å². The number of para-hydroxylation sites is 2. The van der Waals surface area contributed by atoms with Crippen LogP contribution < -0.4 is 0 Å². The van der Waals surface area contributed by atoms with Crippen LogP contribution in [-0.2, 0) is 0 Å². The van der Waals surface area contributed by atoms with Crippen molar-refractivity contribution in [3.05, 3.63) is 145 Å². The third kappa shape index (κ3) is 3.51. The summed E-state index contributed by atoms with van der Waals surface area (Å²) in [6.45, 7) is 0. The Kier molecular flexibility index (Phi) is 5.52. The number of thiophene rings is 2. The molecule has 0 fully saturated rings. The van der Waals surface area contributed by atoms with Gasteiger partial charge in [0.1, 0.15) is 12.1 Å². The molecule has 0 aliphatic heterocycles. The van der Waals surface area contributed by atoms with Crippen LogP contribution in [0.4, 0.5) is 0 Å². The summed E-state index contributed by atoms with van der Waals surface area (Å²) in [6.07, 6.45) is 0. The van der Waals surface area contributed by atoms with Gasteiger partial charge in [-0.05, 0) is 48.5 Å². The molecular formula is C44H22N4S2. The number of aromatic nitrogens is 2. The predicted octanol–water partition coefficient (Wildman–Crippen LogP) is 12.4. The highest BCUT2D eigenvalue weighted by Crippen LogP contribution is 2.46. The summed E-state index contributed by atoms with van der Waals surface area (Å²) >= 11 is 3.58. The van der Waals surface area contributed by atoms with Gasteiger partial charge in [0, 0.05) is 67.6 Å². The Morgan fingerprint density at radius 1 is 0.440 bits per heavy atom. The molecule has 0 saturated heterocycles. The Hall–Kier alpha value is -6.44. The van der Waals surface area contributed by atoms with E-state index in [2.05, 4.69) is 143 Å². The van der Waals surface area contributed by atoms with E-state index in [0.29, 0.717) is 16.8 Å². The van der Waals surface area contributed by atoms with Crippen LogP contribution in [0.3, 0.4) is 0 Å². The van der Waals surface area contributed by atoms with Gasteiger partial charge in [-0.1, -0.05) is 84.9 Å². The molecule has 4 nitrogen and oxygen atoms in total. The lowest BCUT2D eigenvalue weighted by Crippen LogP contribution is -2.04. The van der Waals surface area contributed by atoms with E-state index in [9.17, 15) is 10.5 Å². The van der Waals surface area contributed by atoms with Crippen molar-refractivity contribution in [2.45, 2.75) is 0 Å². The molecule has 0 aliphatic rings. The zero-order chi connectivity index (χ0) is 33.1. The molecule has 0 radical (unpaired) electrons. The van der Waals surface area contributed by atoms with Crippen molar-refractivity contribution in [1.29, 1.82) is 10.5 Å². The van der Waals surface area contributed by atoms with Crippen LogP contribution in [0.1, 0.15) is 11.1 Å². The minimum absolute atomic E-state index is 0.349. The average molecular weight is 671 g/mol. The Bertz CT molecular complexity index is 3360. The molecule has 0 saturated carbocycles. The third-order valence-electron chi connectivity index (χ3n) is 10.2. The monoisotopic (exact) mass is 670 g/mol. The summed E-state index contributed by atoms with van der Waals surface area (Å²) in [5.41, 5.74) is 6.46. The van der Waals surface area contributed by atoms with Crippen molar-refractivity contribution < 1.29 is 0 Å². The van der Waals surface area contributed by atoms with Crippen LogP contribution in [0, 0.1) is 22.7 Å². The highest BCUT2D eigenvalue weighted by Gasteiger charge is 2.24. The number of hydrogen-bond donors (Lipinski definition) is 0. The minimum Gasteiger partial charge on any atom is -0.308 e. The van der Waals surface area contributed by atoms with E-state index in [4.69, 9.17) is 0 Å². The first-order valence-electron chi connectivity index (χ1n) is 16.4. The highest BCUT2D eigenvalue weighted by molar-refractivity contribution is 7.26. The first-order chi connectivity index (χ1) is 24.7. The molecule has 11 aromatic rings.